The molecule has 0 spiro atoms. The molecule has 0 saturated carbocycles. The molecule has 1 amide bonds. The fourth-order valence-electron chi connectivity index (χ4n) is 3.01. The minimum absolute atomic E-state index is 0. The zero-order chi connectivity index (χ0) is 16.4. The van der Waals surface area contributed by atoms with Gasteiger partial charge in [-0.25, -0.2) is 0 Å². The molecule has 0 heterocycles. The highest BCUT2D eigenvalue weighted by Crippen LogP contribution is 2.34. The van der Waals surface area contributed by atoms with Gasteiger partial charge in [0, 0.05) is 11.3 Å². The van der Waals surface area contributed by atoms with E-state index in [4.69, 9.17) is 5.73 Å². The predicted molar refractivity (Wildman–Crippen MR) is 92.3 cm³/mol. The third-order valence-electron chi connectivity index (χ3n) is 4.21. The van der Waals surface area contributed by atoms with E-state index < -0.39 is 17.9 Å². The fraction of sp³-hybridized carbons (Fsp3) is 0.278. The average Bonchev–Trinajstić information content (AvgIpc) is 2.55. The van der Waals surface area contributed by atoms with Gasteiger partial charge in [0.05, 0.1) is 6.04 Å². The number of hydrogen-bond acceptors (Lipinski definition) is 2. The summed E-state index contributed by atoms with van der Waals surface area (Å²) < 4.78 is 28.6. The molecule has 0 fully saturated rings. The van der Waals surface area contributed by atoms with Gasteiger partial charge in [0.1, 0.15) is 0 Å². The van der Waals surface area contributed by atoms with Gasteiger partial charge in [0.2, 0.25) is 0 Å². The minimum atomic E-state index is -3.55. The van der Waals surface area contributed by atoms with Gasteiger partial charge in [-0.15, -0.1) is 12.4 Å². The molecule has 3 N–H and O–H groups in total. The van der Waals surface area contributed by atoms with E-state index in [1.807, 2.05) is 12.1 Å². The number of anilines is 1. The summed E-state index contributed by atoms with van der Waals surface area (Å²) in [5.74, 6) is -4.81. The van der Waals surface area contributed by atoms with Crippen molar-refractivity contribution in [3.8, 4) is 0 Å². The number of hydrogen-bond donors (Lipinski definition) is 2. The fourth-order valence-corrected chi connectivity index (χ4v) is 3.01. The Labute approximate surface area is 145 Å². The van der Waals surface area contributed by atoms with Gasteiger partial charge in [-0.3, -0.25) is 4.79 Å². The number of alkyl halides is 2. The maximum absolute atomic E-state index is 14.3. The Balaban J connectivity index is 0.00000208. The molecule has 0 aromatic heterocycles. The van der Waals surface area contributed by atoms with Crippen LogP contribution in [0.2, 0.25) is 0 Å². The van der Waals surface area contributed by atoms with Crippen LogP contribution in [0, 0.1) is 0 Å². The van der Waals surface area contributed by atoms with Crippen LogP contribution in [0.3, 0.4) is 0 Å². The van der Waals surface area contributed by atoms with Crippen molar-refractivity contribution in [3.63, 3.8) is 0 Å². The first-order valence-corrected chi connectivity index (χ1v) is 7.61. The molecule has 24 heavy (non-hydrogen) atoms. The number of rotatable bonds is 3. The lowest BCUT2D eigenvalue weighted by Crippen LogP contribution is -2.41. The zero-order valence-electron chi connectivity index (χ0n) is 13.0. The molecule has 1 aliphatic carbocycles. The first-order chi connectivity index (χ1) is 11.0. The molecule has 0 saturated heterocycles. The third-order valence-corrected chi connectivity index (χ3v) is 4.21. The second kappa shape index (κ2) is 7.18. The second-order valence-electron chi connectivity index (χ2n) is 5.82. The van der Waals surface area contributed by atoms with E-state index in [0.29, 0.717) is 12.1 Å². The van der Waals surface area contributed by atoms with Crippen LogP contribution >= 0.6 is 12.4 Å². The Hall–Kier alpha value is -2.14. The van der Waals surface area contributed by atoms with E-state index in [1.165, 1.54) is 24.3 Å². The normalized spacial score (nSPS) is 16.7. The summed E-state index contributed by atoms with van der Waals surface area (Å²) in [4.78, 5) is 12.1. The summed E-state index contributed by atoms with van der Waals surface area (Å²) in [6, 6.07) is 12.1. The number of nitrogen functional groups attached to an aromatic ring is 1. The van der Waals surface area contributed by atoms with Gasteiger partial charge in [0.25, 0.3) is 5.91 Å². The van der Waals surface area contributed by atoms with Crippen molar-refractivity contribution in [2.45, 2.75) is 31.2 Å². The molecule has 6 heteroatoms. The zero-order valence-corrected chi connectivity index (χ0v) is 13.8. The Morgan fingerprint density at radius 3 is 2.58 bits per heavy atom. The van der Waals surface area contributed by atoms with E-state index in [1.54, 1.807) is 12.1 Å². The molecular formula is C18H19ClF2N2O. The molecule has 0 aliphatic heterocycles. The molecule has 3 rings (SSSR count). The number of amides is 1. The molecule has 1 atom stereocenters. The standard InChI is InChI=1S/C18H18F2N2O.ClH/c19-18(20,13-6-2-1-3-7-13)17(23)22-16-8-4-5-12-11-14(21)9-10-15(12)16;/h1-3,6-7,9-11,16H,4-5,8,21H2,(H,22,23);1H. The smallest absolute Gasteiger partial charge is 0.349 e. The van der Waals surface area contributed by atoms with Crippen molar-refractivity contribution in [3.05, 3.63) is 65.2 Å². The number of nitrogens with two attached hydrogens (primary N) is 1. The number of fused-ring (bicyclic) bond motifs is 1. The highest BCUT2D eigenvalue weighted by Gasteiger charge is 2.42. The molecule has 2 aromatic rings. The van der Waals surface area contributed by atoms with Gasteiger partial charge in [0.15, 0.2) is 0 Å². The molecule has 0 radical (unpaired) electrons. The summed E-state index contributed by atoms with van der Waals surface area (Å²) in [6.07, 6.45) is 2.33. The monoisotopic (exact) mass is 352 g/mol. The second-order valence-corrected chi connectivity index (χ2v) is 5.82. The number of nitrogens with one attached hydrogen (secondary N) is 1. The van der Waals surface area contributed by atoms with Crippen molar-refractivity contribution in [1.82, 2.24) is 5.32 Å². The number of halogens is 3. The van der Waals surface area contributed by atoms with E-state index in [0.717, 1.165) is 24.0 Å². The summed E-state index contributed by atoms with van der Waals surface area (Å²) in [5.41, 5.74) is 8.01. The van der Waals surface area contributed by atoms with Gasteiger partial charge in [-0.1, -0.05) is 36.4 Å². The summed E-state index contributed by atoms with van der Waals surface area (Å²) >= 11 is 0. The summed E-state index contributed by atoms with van der Waals surface area (Å²) in [7, 11) is 0. The predicted octanol–water partition coefficient (Wildman–Crippen LogP) is 3.98. The molecular weight excluding hydrogens is 334 g/mol. The van der Waals surface area contributed by atoms with Crippen molar-refractivity contribution >= 4 is 24.0 Å². The van der Waals surface area contributed by atoms with Crippen LogP contribution < -0.4 is 11.1 Å². The highest BCUT2D eigenvalue weighted by atomic mass is 35.5. The largest absolute Gasteiger partial charge is 0.399 e. The van der Waals surface area contributed by atoms with Crippen LogP contribution in [0.15, 0.2) is 48.5 Å². The van der Waals surface area contributed by atoms with Gasteiger partial charge in [-0.05, 0) is 42.5 Å². The number of benzene rings is 2. The minimum Gasteiger partial charge on any atom is -0.399 e. The maximum atomic E-state index is 14.3. The van der Waals surface area contributed by atoms with Crippen LogP contribution in [-0.4, -0.2) is 5.91 Å². The maximum Gasteiger partial charge on any atom is 0.349 e. The molecule has 128 valence electrons. The topological polar surface area (TPSA) is 55.1 Å². The average molecular weight is 353 g/mol. The van der Waals surface area contributed by atoms with E-state index in [9.17, 15) is 13.6 Å². The number of aryl methyl sites for hydroxylation is 1. The van der Waals surface area contributed by atoms with Crippen molar-refractivity contribution in [2.24, 2.45) is 0 Å². The number of carbonyl (C=O) groups is 1. The SMILES string of the molecule is Cl.Nc1ccc2c(c1)CCCC2NC(=O)C(F)(F)c1ccccc1. The molecule has 0 bridgehead atoms. The lowest BCUT2D eigenvalue weighted by atomic mass is 9.87. The van der Waals surface area contributed by atoms with Crippen molar-refractivity contribution in [1.29, 1.82) is 0 Å². The molecule has 1 unspecified atom stereocenters. The molecule has 1 aliphatic rings. The Bertz CT molecular complexity index is 722. The Morgan fingerprint density at radius 2 is 1.88 bits per heavy atom. The van der Waals surface area contributed by atoms with E-state index in [2.05, 4.69) is 5.32 Å². The van der Waals surface area contributed by atoms with Crippen molar-refractivity contribution < 1.29 is 13.6 Å². The Morgan fingerprint density at radius 1 is 1.17 bits per heavy atom. The van der Waals surface area contributed by atoms with Crippen LogP contribution in [0.4, 0.5) is 14.5 Å². The summed E-state index contributed by atoms with van der Waals surface area (Å²) in [6.45, 7) is 0. The third kappa shape index (κ3) is 3.51. The summed E-state index contributed by atoms with van der Waals surface area (Å²) in [5, 5.41) is 2.50. The van der Waals surface area contributed by atoms with E-state index >= 15 is 0 Å². The van der Waals surface area contributed by atoms with Crippen LogP contribution in [0.1, 0.15) is 35.6 Å². The highest BCUT2D eigenvalue weighted by molar-refractivity contribution is 5.85. The molecule has 3 nitrogen and oxygen atoms in total. The van der Waals surface area contributed by atoms with Crippen molar-refractivity contribution in [2.75, 3.05) is 5.73 Å². The molecule has 2 aromatic carbocycles. The Kier molecular flexibility index (Phi) is 5.44. The van der Waals surface area contributed by atoms with Gasteiger partial charge >= 0.3 is 5.92 Å². The van der Waals surface area contributed by atoms with Crippen LogP contribution in [0.25, 0.3) is 0 Å². The lowest BCUT2D eigenvalue weighted by molar-refractivity contribution is -0.148. The van der Waals surface area contributed by atoms with Crippen LogP contribution in [-0.2, 0) is 17.1 Å². The first-order valence-electron chi connectivity index (χ1n) is 7.61. The van der Waals surface area contributed by atoms with Gasteiger partial charge in [-0.2, -0.15) is 8.78 Å². The van der Waals surface area contributed by atoms with Gasteiger partial charge < -0.3 is 11.1 Å². The first kappa shape index (κ1) is 18.2. The quantitative estimate of drug-likeness (QED) is 0.821. The lowest BCUT2D eigenvalue weighted by Gasteiger charge is -2.28. The van der Waals surface area contributed by atoms with Crippen LogP contribution in [0.5, 0.6) is 0 Å². The number of carbonyl (C=O) groups excluding carboxylic acids is 1. The van der Waals surface area contributed by atoms with E-state index in [-0.39, 0.29) is 18.0 Å².